The number of halogens is 1. The highest BCUT2D eigenvalue weighted by Gasteiger charge is 2.33. The van der Waals surface area contributed by atoms with Crippen molar-refractivity contribution in [2.75, 3.05) is 0 Å². The number of hydrogen-bond donors (Lipinski definition) is 4. The van der Waals surface area contributed by atoms with E-state index in [1.807, 2.05) is 0 Å². The molecule has 0 aromatic heterocycles. The van der Waals surface area contributed by atoms with Gasteiger partial charge in [0.25, 0.3) is 0 Å². The molecule has 0 spiro atoms. The fourth-order valence-corrected chi connectivity index (χ4v) is 0.989. The number of ketones is 1. The summed E-state index contributed by atoms with van der Waals surface area (Å²) in [6, 6.07) is 0. The summed E-state index contributed by atoms with van der Waals surface area (Å²) in [5.41, 5.74) is 10.2. The Morgan fingerprint density at radius 1 is 1.69 bits per heavy atom. The number of rotatable bonds is 4. The van der Waals surface area contributed by atoms with Gasteiger partial charge in [-0.2, -0.15) is 0 Å². The van der Waals surface area contributed by atoms with E-state index in [2.05, 4.69) is 0 Å². The van der Waals surface area contributed by atoms with Crippen molar-refractivity contribution in [3.8, 4) is 0 Å². The van der Waals surface area contributed by atoms with Gasteiger partial charge in [0.1, 0.15) is 10.8 Å². The predicted molar refractivity (Wildman–Crippen MR) is 48.1 cm³/mol. The van der Waals surface area contributed by atoms with E-state index in [1.54, 1.807) is 0 Å². The molecule has 78 valence electrons. The molecule has 0 aromatic carbocycles. The van der Waals surface area contributed by atoms with Crippen LogP contribution in [0, 0.1) is 0 Å². The maximum atomic E-state index is 11.0. The van der Waals surface area contributed by atoms with Crippen molar-refractivity contribution in [1.29, 1.82) is 0 Å². The lowest BCUT2D eigenvalue weighted by Crippen LogP contribution is -2.41. The summed E-state index contributed by atoms with van der Waals surface area (Å²) < 4.78 is 10.5. The molecule has 2 atom stereocenters. The molecule has 6 N–H and O–H groups in total. The molecule has 0 bridgehead atoms. The van der Waals surface area contributed by atoms with Crippen molar-refractivity contribution in [3.05, 3.63) is 0 Å². The zero-order chi connectivity index (χ0) is 10.9. The molecule has 0 aliphatic heterocycles. The van der Waals surface area contributed by atoms with Crippen LogP contribution < -0.4 is 11.5 Å². The minimum atomic E-state index is -4.44. The van der Waals surface area contributed by atoms with E-state index in [0.29, 0.717) is 0 Å². The third-order valence-corrected chi connectivity index (χ3v) is 2.63. The van der Waals surface area contributed by atoms with Crippen LogP contribution in [0.4, 0.5) is 0 Å². The van der Waals surface area contributed by atoms with Crippen LogP contribution in [0.2, 0.25) is 0 Å². The number of carbonyl (C=O) groups excluding carboxylic acids is 1. The molecular weight excluding hydrogens is 218 g/mol. The standard InChI is InChI=1S/C5H12ClN2O4P/c1-5(6,8)3(9)2-4(7)13(10,11)12/h4H,2,7-8H2,1H3,(H2,10,11,12)/t4?,5-/m1/s1. The van der Waals surface area contributed by atoms with Gasteiger partial charge in [0.2, 0.25) is 0 Å². The molecular formula is C5H12ClN2O4P. The van der Waals surface area contributed by atoms with Crippen molar-refractivity contribution in [1.82, 2.24) is 0 Å². The second-order valence-electron chi connectivity index (χ2n) is 2.86. The highest BCUT2D eigenvalue weighted by Crippen LogP contribution is 2.40. The summed E-state index contributed by atoms with van der Waals surface area (Å²) in [5.74, 6) is -2.24. The van der Waals surface area contributed by atoms with Crippen molar-refractivity contribution >= 4 is 25.0 Å². The molecule has 0 amide bonds. The van der Waals surface area contributed by atoms with Gasteiger partial charge in [-0.05, 0) is 6.92 Å². The van der Waals surface area contributed by atoms with Crippen molar-refractivity contribution in [2.24, 2.45) is 11.5 Å². The second-order valence-corrected chi connectivity index (χ2v) is 5.49. The Labute approximate surface area is 80.4 Å². The summed E-state index contributed by atoms with van der Waals surface area (Å²) in [5, 5.41) is 0. The van der Waals surface area contributed by atoms with Crippen LogP contribution in [0.1, 0.15) is 13.3 Å². The van der Waals surface area contributed by atoms with Gasteiger partial charge in [0, 0.05) is 6.42 Å². The van der Waals surface area contributed by atoms with Gasteiger partial charge in [-0.25, -0.2) is 0 Å². The SMILES string of the molecule is C[C@](N)(Cl)C(=O)CC(N)P(=O)(O)O. The lowest BCUT2D eigenvalue weighted by atomic mass is 10.1. The summed E-state index contributed by atoms with van der Waals surface area (Å²) >= 11 is 5.40. The molecule has 6 nitrogen and oxygen atoms in total. The summed E-state index contributed by atoms with van der Waals surface area (Å²) in [6.45, 7) is 1.23. The Bertz CT molecular complexity index is 245. The minimum absolute atomic E-state index is 0.541. The van der Waals surface area contributed by atoms with Gasteiger partial charge in [-0.1, -0.05) is 11.6 Å². The van der Waals surface area contributed by atoms with Gasteiger partial charge < -0.3 is 21.3 Å². The Morgan fingerprint density at radius 3 is 2.31 bits per heavy atom. The van der Waals surface area contributed by atoms with Crippen LogP contribution in [-0.4, -0.2) is 26.4 Å². The van der Waals surface area contributed by atoms with Crippen LogP contribution >= 0.6 is 19.2 Å². The number of carbonyl (C=O) groups is 1. The normalized spacial score (nSPS) is 19.2. The highest BCUT2D eigenvalue weighted by molar-refractivity contribution is 7.52. The van der Waals surface area contributed by atoms with Crippen molar-refractivity contribution in [3.63, 3.8) is 0 Å². The Kier molecular flexibility index (Phi) is 4.05. The molecule has 0 saturated heterocycles. The van der Waals surface area contributed by atoms with E-state index in [-0.39, 0.29) is 0 Å². The van der Waals surface area contributed by atoms with E-state index in [1.165, 1.54) is 6.92 Å². The van der Waals surface area contributed by atoms with Gasteiger partial charge in [0.05, 0.1) is 0 Å². The molecule has 13 heavy (non-hydrogen) atoms. The van der Waals surface area contributed by atoms with Crippen molar-refractivity contribution in [2.45, 2.75) is 24.1 Å². The first-order chi connectivity index (χ1) is 5.55. The van der Waals surface area contributed by atoms with Gasteiger partial charge in [0.15, 0.2) is 5.78 Å². The van der Waals surface area contributed by atoms with E-state index in [9.17, 15) is 9.36 Å². The molecule has 0 rings (SSSR count). The van der Waals surface area contributed by atoms with E-state index in [0.717, 1.165) is 0 Å². The van der Waals surface area contributed by atoms with Crippen LogP contribution in [0.5, 0.6) is 0 Å². The first-order valence-electron chi connectivity index (χ1n) is 3.37. The molecule has 0 aliphatic rings. The number of nitrogens with two attached hydrogens (primary N) is 2. The fourth-order valence-electron chi connectivity index (χ4n) is 0.508. The molecule has 0 aliphatic carbocycles. The third-order valence-electron chi connectivity index (χ3n) is 1.37. The Morgan fingerprint density at radius 2 is 2.08 bits per heavy atom. The largest absolute Gasteiger partial charge is 0.342 e. The average Bonchev–Trinajstić information content (AvgIpc) is 1.82. The number of alkyl halides is 1. The quantitative estimate of drug-likeness (QED) is 0.288. The summed E-state index contributed by atoms with van der Waals surface area (Å²) in [4.78, 5) is 26.5. The molecule has 0 radical (unpaired) electrons. The Balaban J connectivity index is 4.33. The number of Topliss-reactive ketones (excluding diaryl/α,β-unsaturated/α-hetero) is 1. The third kappa shape index (κ3) is 4.71. The first-order valence-corrected chi connectivity index (χ1v) is 5.43. The maximum Gasteiger partial charge on any atom is 0.342 e. The lowest BCUT2D eigenvalue weighted by Gasteiger charge is -2.18. The first kappa shape index (κ1) is 13.0. The Hall–Kier alpha value is 0.0300. The highest BCUT2D eigenvalue weighted by atomic mass is 35.5. The van der Waals surface area contributed by atoms with Crippen molar-refractivity contribution < 1.29 is 19.1 Å². The zero-order valence-electron chi connectivity index (χ0n) is 6.98. The lowest BCUT2D eigenvalue weighted by molar-refractivity contribution is -0.121. The van der Waals surface area contributed by atoms with Crippen LogP contribution in [0.25, 0.3) is 0 Å². The number of hydrogen-bond acceptors (Lipinski definition) is 4. The van der Waals surface area contributed by atoms with E-state index < -0.39 is 30.6 Å². The van der Waals surface area contributed by atoms with Crippen LogP contribution in [0.15, 0.2) is 0 Å². The van der Waals surface area contributed by atoms with Crippen LogP contribution in [-0.2, 0) is 9.36 Å². The molecule has 0 fully saturated rings. The van der Waals surface area contributed by atoms with Gasteiger partial charge in [-0.15, -0.1) is 0 Å². The van der Waals surface area contributed by atoms with Gasteiger partial charge in [-0.3, -0.25) is 9.36 Å². The summed E-state index contributed by atoms with van der Waals surface area (Å²) in [6.07, 6.45) is -0.541. The maximum absolute atomic E-state index is 11.0. The monoisotopic (exact) mass is 230 g/mol. The summed E-state index contributed by atoms with van der Waals surface area (Å²) in [7, 11) is -4.44. The topological polar surface area (TPSA) is 127 Å². The van der Waals surface area contributed by atoms with Gasteiger partial charge >= 0.3 is 7.60 Å². The predicted octanol–water partition coefficient (Wildman–Crippen LogP) is -0.678. The smallest absolute Gasteiger partial charge is 0.323 e. The van der Waals surface area contributed by atoms with E-state index in [4.69, 9.17) is 32.9 Å². The fraction of sp³-hybridized carbons (Fsp3) is 0.800. The molecule has 0 aromatic rings. The van der Waals surface area contributed by atoms with E-state index >= 15 is 0 Å². The minimum Gasteiger partial charge on any atom is -0.323 e. The molecule has 0 saturated carbocycles. The zero-order valence-corrected chi connectivity index (χ0v) is 8.63. The molecule has 0 heterocycles. The average molecular weight is 231 g/mol. The molecule has 1 unspecified atom stereocenters. The van der Waals surface area contributed by atoms with Crippen LogP contribution in [0.3, 0.4) is 0 Å². The second kappa shape index (κ2) is 4.04. The molecule has 8 heteroatoms.